The molecule has 1 saturated heterocycles. The van der Waals surface area contributed by atoms with Gasteiger partial charge in [0.15, 0.2) is 0 Å². The Hall–Kier alpha value is -3.63. The number of benzene rings is 2. The molecule has 0 radical (unpaired) electrons. The lowest BCUT2D eigenvalue weighted by Gasteiger charge is -2.49. The summed E-state index contributed by atoms with van der Waals surface area (Å²) < 4.78 is 0. The van der Waals surface area contributed by atoms with Gasteiger partial charge in [0.25, 0.3) is 5.91 Å². The molecule has 0 aromatic heterocycles. The zero-order valence-electron chi connectivity index (χ0n) is 17.3. The molecule has 33 heavy (non-hydrogen) atoms. The minimum Gasteiger partial charge on any atom is -0.478 e. The van der Waals surface area contributed by atoms with Crippen molar-refractivity contribution in [3.63, 3.8) is 0 Å². The van der Waals surface area contributed by atoms with Gasteiger partial charge in [0.1, 0.15) is 23.2 Å². The van der Waals surface area contributed by atoms with Gasteiger partial charge < -0.3 is 21.3 Å². The number of hydrogen-bond acceptors (Lipinski definition) is 6. The van der Waals surface area contributed by atoms with E-state index in [-0.39, 0.29) is 23.4 Å². The van der Waals surface area contributed by atoms with E-state index in [0.717, 1.165) is 4.90 Å². The summed E-state index contributed by atoms with van der Waals surface area (Å²) in [6.45, 7) is 0. The quantitative estimate of drug-likeness (QED) is 0.446. The summed E-state index contributed by atoms with van der Waals surface area (Å²) in [7, 11) is 0. The third-order valence-corrected chi connectivity index (χ3v) is 6.98. The molecule has 0 unspecified atom stereocenters. The molecule has 170 valence electrons. The number of nitrogens with one attached hydrogen (secondary N) is 1. The molecule has 10 heteroatoms. The highest BCUT2D eigenvalue weighted by Gasteiger charge is 2.54. The first kappa shape index (κ1) is 22.6. The molecule has 5 N–H and O–H groups in total. The predicted molar refractivity (Wildman–Crippen MR) is 120 cm³/mol. The molecule has 2 aliphatic heterocycles. The van der Waals surface area contributed by atoms with Gasteiger partial charge in [-0.05, 0) is 29.2 Å². The summed E-state index contributed by atoms with van der Waals surface area (Å²) in [6.07, 6.45) is 0.0868. The second-order valence-corrected chi connectivity index (χ2v) is 8.79. The molecule has 9 nitrogen and oxygen atoms in total. The maximum Gasteiger partial charge on any atom is 0.352 e. The van der Waals surface area contributed by atoms with Crippen LogP contribution in [0.1, 0.15) is 27.5 Å². The molecule has 2 heterocycles. The average molecular weight is 468 g/mol. The Morgan fingerprint density at radius 3 is 2.39 bits per heavy atom. The molecule has 2 amide bonds. The van der Waals surface area contributed by atoms with Crippen LogP contribution in [0.3, 0.4) is 0 Å². The number of amides is 2. The van der Waals surface area contributed by atoms with Crippen molar-refractivity contribution in [1.29, 1.82) is 0 Å². The molecule has 0 spiro atoms. The lowest BCUT2D eigenvalue weighted by atomic mass is 9.96. The number of aromatic carboxylic acids is 1. The summed E-state index contributed by atoms with van der Waals surface area (Å²) >= 11 is 1.32. The Labute approximate surface area is 193 Å². The van der Waals surface area contributed by atoms with E-state index < -0.39 is 41.2 Å². The summed E-state index contributed by atoms with van der Waals surface area (Å²) in [4.78, 5) is 50.1. The van der Waals surface area contributed by atoms with Gasteiger partial charge >= 0.3 is 11.9 Å². The summed E-state index contributed by atoms with van der Waals surface area (Å²) in [5.41, 5.74) is 7.42. The number of nitrogens with zero attached hydrogens (tertiary/aromatic N) is 1. The molecule has 2 aromatic rings. The molecular formula is C23H21N3O6S. The van der Waals surface area contributed by atoms with Crippen LogP contribution in [0.15, 0.2) is 65.9 Å². The Balaban J connectivity index is 1.54. The van der Waals surface area contributed by atoms with Gasteiger partial charge in [-0.2, -0.15) is 0 Å². The first-order valence-corrected chi connectivity index (χ1v) is 11.2. The third kappa shape index (κ3) is 4.22. The normalized spacial score (nSPS) is 20.5. The number of rotatable bonds is 7. The van der Waals surface area contributed by atoms with Gasteiger partial charge in [0.05, 0.1) is 5.56 Å². The highest BCUT2D eigenvalue weighted by molar-refractivity contribution is 8.00. The maximum atomic E-state index is 12.8. The minimum atomic E-state index is -1.28. The molecule has 4 rings (SSSR count). The first-order chi connectivity index (χ1) is 15.8. The van der Waals surface area contributed by atoms with Gasteiger partial charge in [-0.1, -0.05) is 48.5 Å². The number of carboxylic acid groups (broad SMARTS) is 2. The van der Waals surface area contributed by atoms with Crippen molar-refractivity contribution in [2.45, 2.75) is 23.9 Å². The van der Waals surface area contributed by atoms with E-state index >= 15 is 0 Å². The Morgan fingerprint density at radius 1 is 1.06 bits per heavy atom. The van der Waals surface area contributed by atoms with Crippen molar-refractivity contribution >= 4 is 35.5 Å². The van der Waals surface area contributed by atoms with E-state index in [2.05, 4.69) is 5.32 Å². The number of carboxylic acids is 2. The zero-order chi connectivity index (χ0) is 23.7. The minimum absolute atomic E-state index is 0.0804. The van der Waals surface area contributed by atoms with Crippen LogP contribution < -0.4 is 11.1 Å². The SMILES string of the molecule is N[C@@H](C(=O)N[C@@H]1C(=O)N2C(C(=O)O)=C(Cc3ccccc3C(=O)O)CS[C@H]12)c1ccccc1. The van der Waals surface area contributed by atoms with Crippen LogP contribution in [0.25, 0.3) is 0 Å². The fourth-order valence-corrected chi connectivity index (χ4v) is 5.33. The Kier molecular flexibility index (Phi) is 6.21. The lowest BCUT2D eigenvalue weighted by molar-refractivity contribution is -0.150. The zero-order valence-corrected chi connectivity index (χ0v) is 18.1. The van der Waals surface area contributed by atoms with Gasteiger partial charge in [-0.25, -0.2) is 9.59 Å². The highest BCUT2D eigenvalue weighted by Crippen LogP contribution is 2.41. The van der Waals surface area contributed by atoms with Crippen molar-refractivity contribution < 1.29 is 29.4 Å². The van der Waals surface area contributed by atoms with E-state index in [1.54, 1.807) is 48.5 Å². The number of aliphatic carboxylic acids is 1. The van der Waals surface area contributed by atoms with Gasteiger partial charge in [-0.3, -0.25) is 14.5 Å². The molecule has 3 atom stereocenters. The number of hydrogen-bond donors (Lipinski definition) is 4. The van der Waals surface area contributed by atoms with Gasteiger partial charge in [-0.15, -0.1) is 11.8 Å². The number of nitrogens with two attached hydrogens (primary N) is 1. The van der Waals surface area contributed by atoms with E-state index in [9.17, 15) is 29.4 Å². The first-order valence-electron chi connectivity index (χ1n) is 10.1. The Morgan fingerprint density at radius 2 is 1.73 bits per heavy atom. The molecule has 2 aliphatic rings. The van der Waals surface area contributed by atoms with Crippen LogP contribution in [-0.4, -0.2) is 56.0 Å². The van der Waals surface area contributed by atoms with Gasteiger partial charge in [0, 0.05) is 5.75 Å². The van der Waals surface area contributed by atoms with Crippen LogP contribution >= 0.6 is 11.8 Å². The smallest absolute Gasteiger partial charge is 0.352 e. The van der Waals surface area contributed by atoms with Crippen LogP contribution in [-0.2, 0) is 20.8 Å². The fraction of sp³-hybridized carbons (Fsp3) is 0.217. The van der Waals surface area contributed by atoms with Crippen molar-refractivity contribution in [3.05, 3.63) is 82.6 Å². The van der Waals surface area contributed by atoms with Crippen molar-refractivity contribution in [2.24, 2.45) is 5.73 Å². The number of thioether (sulfide) groups is 1. The molecule has 0 saturated carbocycles. The van der Waals surface area contributed by atoms with Crippen molar-refractivity contribution in [1.82, 2.24) is 10.2 Å². The van der Waals surface area contributed by atoms with Crippen LogP contribution in [0.2, 0.25) is 0 Å². The number of β-lactam (4-membered cyclic amide) rings is 1. The molecule has 1 fully saturated rings. The average Bonchev–Trinajstić information content (AvgIpc) is 2.82. The van der Waals surface area contributed by atoms with Crippen molar-refractivity contribution in [2.75, 3.05) is 5.75 Å². The molecule has 0 bridgehead atoms. The fourth-order valence-electron chi connectivity index (χ4n) is 3.99. The number of fused-ring (bicyclic) bond motifs is 1. The highest BCUT2D eigenvalue weighted by atomic mass is 32.2. The van der Waals surface area contributed by atoms with E-state index in [1.807, 2.05) is 0 Å². The molecule has 0 aliphatic carbocycles. The predicted octanol–water partition coefficient (Wildman–Crippen LogP) is 1.37. The van der Waals surface area contributed by atoms with Gasteiger partial charge in [0.2, 0.25) is 5.91 Å². The second kappa shape index (κ2) is 9.08. The van der Waals surface area contributed by atoms with E-state index in [4.69, 9.17) is 5.73 Å². The van der Waals surface area contributed by atoms with Crippen LogP contribution in [0, 0.1) is 0 Å². The Bertz CT molecular complexity index is 1170. The van der Waals surface area contributed by atoms with Crippen LogP contribution in [0.4, 0.5) is 0 Å². The van der Waals surface area contributed by atoms with E-state index in [0.29, 0.717) is 16.7 Å². The standard InChI is InChI=1S/C23H21N3O6S/c24-16(12-6-2-1-3-7-12)19(27)25-17-20(28)26-18(23(31)32)14(11-33-21(17)26)10-13-8-4-5-9-15(13)22(29)30/h1-9,16-17,21H,10-11,24H2,(H,25,27)(H,29,30)(H,31,32)/t16-,17-,21-/m1/s1. The molecule has 2 aromatic carbocycles. The topological polar surface area (TPSA) is 150 Å². The summed E-state index contributed by atoms with van der Waals surface area (Å²) in [5, 5.41) is 21.3. The number of carbonyl (C=O) groups excluding carboxylic acids is 2. The van der Waals surface area contributed by atoms with E-state index in [1.165, 1.54) is 17.8 Å². The lowest BCUT2D eigenvalue weighted by Crippen LogP contribution is -2.71. The molecular weight excluding hydrogens is 446 g/mol. The van der Waals surface area contributed by atoms with Crippen molar-refractivity contribution in [3.8, 4) is 0 Å². The number of carbonyl (C=O) groups is 4. The van der Waals surface area contributed by atoms with Crippen LogP contribution in [0.5, 0.6) is 0 Å². The monoisotopic (exact) mass is 467 g/mol. The third-order valence-electron chi connectivity index (χ3n) is 5.64. The maximum absolute atomic E-state index is 12.8. The summed E-state index contributed by atoms with van der Waals surface area (Å²) in [6, 6.07) is 13.2. The summed E-state index contributed by atoms with van der Waals surface area (Å²) in [5.74, 6) is -3.17. The second-order valence-electron chi connectivity index (χ2n) is 7.68. The largest absolute Gasteiger partial charge is 0.478 e.